The fourth-order valence-corrected chi connectivity index (χ4v) is 6.70. The zero-order chi connectivity index (χ0) is 22.0. The Morgan fingerprint density at radius 1 is 1.32 bits per heavy atom. The molecular formula is C22H25N5OS3. The number of hydrogen-bond acceptors (Lipinski definition) is 7. The molecule has 3 aromatic heterocycles. The van der Waals surface area contributed by atoms with Crippen molar-refractivity contribution in [2.45, 2.75) is 64.6 Å². The average molecular weight is 472 g/mol. The molecule has 1 aliphatic carbocycles. The number of nitrogens with one attached hydrogen (secondary N) is 1. The van der Waals surface area contributed by atoms with Gasteiger partial charge < -0.3 is 9.88 Å². The second-order valence-electron chi connectivity index (χ2n) is 7.65. The third-order valence-corrected chi connectivity index (χ3v) is 8.75. The van der Waals surface area contributed by atoms with Crippen molar-refractivity contribution in [1.82, 2.24) is 14.8 Å². The predicted octanol–water partition coefficient (Wildman–Crippen LogP) is 5.58. The van der Waals surface area contributed by atoms with E-state index in [0.29, 0.717) is 10.6 Å². The number of carbonyl (C=O) groups is 1. The van der Waals surface area contributed by atoms with Crippen LogP contribution in [0.1, 0.15) is 52.6 Å². The van der Waals surface area contributed by atoms with E-state index in [1.54, 1.807) is 22.7 Å². The summed E-state index contributed by atoms with van der Waals surface area (Å²) in [6, 6.07) is 2.30. The summed E-state index contributed by atoms with van der Waals surface area (Å²) < 4.78 is 2.11. The summed E-state index contributed by atoms with van der Waals surface area (Å²) in [5, 5.41) is 25.0. The Kier molecular flexibility index (Phi) is 6.80. The largest absolute Gasteiger partial charge is 0.316 e. The fourth-order valence-electron chi connectivity index (χ4n) is 3.82. The maximum absolute atomic E-state index is 12.7. The lowest BCUT2D eigenvalue weighted by molar-refractivity contribution is -0.113. The van der Waals surface area contributed by atoms with Gasteiger partial charge in [0.15, 0.2) is 11.0 Å². The molecule has 0 unspecified atom stereocenters. The van der Waals surface area contributed by atoms with Crippen LogP contribution >= 0.6 is 34.4 Å². The van der Waals surface area contributed by atoms with E-state index in [1.807, 2.05) is 0 Å². The quantitative estimate of drug-likeness (QED) is 0.455. The highest BCUT2D eigenvalue weighted by Crippen LogP contribution is 2.38. The van der Waals surface area contributed by atoms with Crippen molar-refractivity contribution in [2.24, 2.45) is 0 Å². The molecule has 0 atom stereocenters. The van der Waals surface area contributed by atoms with Gasteiger partial charge in [-0.3, -0.25) is 4.79 Å². The molecule has 0 aliphatic heterocycles. The fraction of sp³-hybridized carbons (Fsp3) is 0.455. The summed E-state index contributed by atoms with van der Waals surface area (Å²) in [6.45, 7) is 7.15. The Hall–Kier alpha value is -2.15. The Balaban J connectivity index is 1.48. The van der Waals surface area contributed by atoms with Crippen molar-refractivity contribution >= 4 is 45.3 Å². The topological polar surface area (TPSA) is 83.6 Å². The maximum atomic E-state index is 12.7. The molecule has 9 heteroatoms. The molecule has 4 rings (SSSR count). The number of hydrogen-bond donors (Lipinski definition) is 1. The molecule has 0 spiro atoms. The smallest absolute Gasteiger partial charge is 0.235 e. The van der Waals surface area contributed by atoms with E-state index in [-0.39, 0.29) is 11.7 Å². The highest BCUT2D eigenvalue weighted by atomic mass is 32.2. The molecule has 1 N–H and O–H groups in total. The molecule has 0 saturated heterocycles. The lowest BCUT2D eigenvalue weighted by Gasteiger charge is -2.09. The molecule has 3 aromatic rings. The SMILES string of the molecule is CCCn1c(SCC(=O)Nc2sc3c(c2C#N)CCCC3)nnc1-c1csc(C)c1C. The minimum Gasteiger partial charge on any atom is -0.316 e. The number of amides is 1. The van der Waals surface area contributed by atoms with Crippen molar-refractivity contribution in [3.05, 3.63) is 31.8 Å². The number of anilines is 1. The summed E-state index contributed by atoms with van der Waals surface area (Å²) >= 11 is 4.67. The molecule has 6 nitrogen and oxygen atoms in total. The van der Waals surface area contributed by atoms with Crippen LogP contribution < -0.4 is 5.32 Å². The van der Waals surface area contributed by atoms with Gasteiger partial charge in [-0.25, -0.2) is 0 Å². The van der Waals surface area contributed by atoms with E-state index in [1.165, 1.54) is 27.1 Å². The third kappa shape index (κ3) is 4.43. The minimum absolute atomic E-state index is 0.116. The van der Waals surface area contributed by atoms with E-state index < -0.39 is 0 Å². The molecule has 162 valence electrons. The van der Waals surface area contributed by atoms with Gasteiger partial charge in [0, 0.05) is 27.2 Å². The first-order valence-corrected chi connectivity index (χ1v) is 13.2. The van der Waals surface area contributed by atoms with Gasteiger partial charge in [-0.1, -0.05) is 18.7 Å². The lowest BCUT2D eigenvalue weighted by atomic mass is 9.96. The number of rotatable bonds is 7. The van der Waals surface area contributed by atoms with Crippen molar-refractivity contribution in [2.75, 3.05) is 11.1 Å². The predicted molar refractivity (Wildman–Crippen MR) is 128 cm³/mol. The summed E-state index contributed by atoms with van der Waals surface area (Å²) in [5.74, 6) is 0.983. The summed E-state index contributed by atoms with van der Waals surface area (Å²) in [6.07, 6.45) is 5.16. The Morgan fingerprint density at radius 3 is 2.84 bits per heavy atom. The van der Waals surface area contributed by atoms with Gasteiger partial charge in [-0.15, -0.1) is 32.9 Å². The van der Waals surface area contributed by atoms with Crippen LogP contribution in [-0.4, -0.2) is 26.4 Å². The molecule has 0 saturated carbocycles. The highest BCUT2D eigenvalue weighted by Gasteiger charge is 2.22. The van der Waals surface area contributed by atoms with Crippen molar-refractivity contribution in [1.29, 1.82) is 5.26 Å². The van der Waals surface area contributed by atoms with E-state index in [2.05, 4.69) is 52.3 Å². The minimum atomic E-state index is -0.116. The first-order valence-electron chi connectivity index (χ1n) is 10.5. The molecule has 1 amide bonds. The number of nitrogens with zero attached hydrogens (tertiary/aromatic N) is 4. The highest BCUT2D eigenvalue weighted by molar-refractivity contribution is 7.99. The van der Waals surface area contributed by atoms with Gasteiger partial charge in [0.25, 0.3) is 0 Å². The molecule has 0 fully saturated rings. The summed E-state index contributed by atoms with van der Waals surface area (Å²) in [4.78, 5) is 15.2. The second-order valence-corrected chi connectivity index (χ2v) is 10.8. The van der Waals surface area contributed by atoms with Crippen molar-refractivity contribution < 1.29 is 4.79 Å². The van der Waals surface area contributed by atoms with E-state index in [0.717, 1.165) is 60.8 Å². The number of aryl methyl sites for hydroxylation is 2. The molecule has 0 bridgehead atoms. The lowest BCUT2D eigenvalue weighted by Crippen LogP contribution is -2.14. The number of nitriles is 1. The van der Waals surface area contributed by atoms with Crippen LogP contribution in [0.4, 0.5) is 5.00 Å². The van der Waals surface area contributed by atoms with Gasteiger partial charge in [-0.05, 0) is 57.1 Å². The van der Waals surface area contributed by atoms with Crippen LogP contribution in [0.3, 0.4) is 0 Å². The number of aromatic nitrogens is 3. The molecular weight excluding hydrogens is 446 g/mol. The van der Waals surface area contributed by atoms with E-state index >= 15 is 0 Å². The Bertz CT molecular complexity index is 1150. The first-order chi connectivity index (χ1) is 15.0. The average Bonchev–Trinajstić information content (AvgIpc) is 3.42. The molecule has 0 radical (unpaired) electrons. The molecule has 31 heavy (non-hydrogen) atoms. The van der Waals surface area contributed by atoms with Gasteiger partial charge in [0.2, 0.25) is 5.91 Å². The number of thiophene rings is 2. The van der Waals surface area contributed by atoms with Crippen molar-refractivity contribution in [3.63, 3.8) is 0 Å². The standard InChI is InChI=1S/C22H25N5OS3/c1-4-9-27-20(17-11-29-14(3)13(17)2)25-26-22(27)30-12-19(28)24-21-16(10-23)15-7-5-6-8-18(15)31-21/h11H,4-9,12H2,1-3H3,(H,24,28). The van der Waals surface area contributed by atoms with Crippen LogP contribution in [0.2, 0.25) is 0 Å². The van der Waals surface area contributed by atoms with E-state index in [4.69, 9.17) is 0 Å². The number of thioether (sulfide) groups is 1. The molecule has 3 heterocycles. The summed E-state index contributed by atoms with van der Waals surface area (Å²) in [5.41, 5.74) is 4.13. The second kappa shape index (κ2) is 9.55. The third-order valence-electron chi connectivity index (χ3n) is 5.56. The van der Waals surface area contributed by atoms with Crippen LogP contribution in [0.15, 0.2) is 10.5 Å². The maximum Gasteiger partial charge on any atom is 0.235 e. The molecule has 0 aromatic carbocycles. The van der Waals surface area contributed by atoms with Gasteiger partial charge in [0.1, 0.15) is 11.1 Å². The van der Waals surface area contributed by atoms with Crippen LogP contribution in [0.5, 0.6) is 0 Å². The zero-order valence-corrected chi connectivity index (χ0v) is 20.4. The molecule has 1 aliphatic rings. The zero-order valence-electron chi connectivity index (χ0n) is 17.9. The Morgan fingerprint density at radius 2 is 2.13 bits per heavy atom. The van der Waals surface area contributed by atoms with Crippen LogP contribution in [0.25, 0.3) is 11.4 Å². The first kappa shape index (κ1) is 22.1. The number of carbonyl (C=O) groups excluding carboxylic acids is 1. The van der Waals surface area contributed by atoms with E-state index in [9.17, 15) is 10.1 Å². The normalized spacial score (nSPS) is 13.1. The van der Waals surface area contributed by atoms with Gasteiger partial charge in [0.05, 0.1) is 11.3 Å². The number of fused-ring (bicyclic) bond motifs is 1. The van der Waals surface area contributed by atoms with Gasteiger partial charge in [-0.2, -0.15) is 5.26 Å². The van der Waals surface area contributed by atoms with Crippen molar-refractivity contribution in [3.8, 4) is 17.5 Å². The van der Waals surface area contributed by atoms with Crippen LogP contribution in [0, 0.1) is 25.2 Å². The summed E-state index contributed by atoms with van der Waals surface area (Å²) in [7, 11) is 0. The monoisotopic (exact) mass is 471 g/mol. The van der Waals surface area contributed by atoms with Crippen LogP contribution in [-0.2, 0) is 24.2 Å². The Labute approximate surface area is 194 Å². The van der Waals surface area contributed by atoms with Gasteiger partial charge >= 0.3 is 0 Å².